The van der Waals surface area contributed by atoms with Crippen LogP contribution in [0.2, 0.25) is 0 Å². The van der Waals surface area contributed by atoms with Gasteiger partial charge < -0.3 is 5.73 Å². The van der Waals surface area contributed by atoms with Crippen LogP contribution in [0.25, 0.3) is 0 Å². The summed E-state index contributed by atoms with van der Waals surface area (Å²) in [6.07, 6.45) is 0.710. The van der Waals surface area contributed by atoms with E-state index in [0.29, 0.717) is 12.1 Å². The molecule has 1 aromatic carbocycles. The van der Waals surface area contributed by atoms with E-state index < -0.39 is 0 Å². The predicted octanol–water partition coefficient (Wildman–Crippen LogP) is 3.06. The van der Waals surface area contributed by atoms with Gasteiger partial charge in [0.25, 0.3) is 0 Å². The Balaban J connectivity index is 2.28. The minimum absolute atomic E-state index is 0.231. The molecule has 0 aliphatic carbocycles. The number of hydrogen-bond donors (Lipinski definition) is 1. The van der Waals surface area contributed by atoms with Crippen molar-refractivity contribution < 1.29 is 4.39 Å². The second-order valence-corrected chi connectivity index (χ2v) is 4.13. The van der Waals surface area contributed by atoms with Crippen molar-refractivity contribution >= 4 is 17.0 Å². The van der Waals surface area contributed by atoms with Crippen molar-refractivity contribution in [2.24, 2.45) is 0 Å². The largest absolute Gasteiger partial charge is 0.398 e. The second kappa shape index (κ2) is 3.80. The molecule has 0 spiro atoms. The molecule has 1 nitrogen and oxygen atoms in total. The highest BCUT2D eigenvalue weighted by Crippen LogP contribution is 2.20. The van der Waals surface area contributed by atoms with E-state index >= 15 is 0 Å². The van der Waals surface area contributed by atoms with Gasteiger partial charge in [0.05, 0.1) is 0 Å². The molecule has 2 rings (SSSR count). The van der Waals surface area contributed by atoms with E-state index in [4.69, 9.17) is 5.73 Å². The summed E-state index contributed by atoms with van der Waals surface area (Å²) in [4.78, 5) is 1.20. The number of hydrogen-bond acceptors (Lipinski definition) is 2. The van der Waals surface area contributed by atoms with Gasteiger partial charge in [0.1, 0.15) is 5.82 Å². The number of benzene rings is 1. The van der Waals surface area contributed by atoms with Crippen molar-refractivity contribution in [2.45, 2.75) is 6.42 Å². The van der Waals surface area contributed by atoms with Crippen molar-refractivity contribution in [2.75, 3.05) is 5.73 Å². The number of rotatable bonds is 2. The monoisotopic (exact) mass is 207 g/mol. The van der Waals surface area contributed by atoms with Gasteiger partial charge in [-0.1, -0.05) is 6.07 Å². The lowest BCUT2D eigenvalue weighted by atomic mass is 10.1. The van der Waals surface area contributed by atoms with E-state index in [1.807, 2.05) is 17.5 Å². The predicted molar refractivity (Wildman–Crippen MR) is 57.9 cm³/mol. The molecule has 0 radical (unpaired) electrons. The van der Waals surface area contributed by atoms with Gasteiger partial charge in [-0.2, -0.15) is 0 Å². The van der Waals surface area contributed by atoms with Gasteiger partial charge in [-0.15, -0.1) is 11.3 Å². The molecule has 0 saturated carbocycles. The van der Waals surface area contributed by atoms with Crippen LogP contribution in [-0.4, -0.2) is 0 Å². The maximum Gasteiger partial charge on any atom is 0.123 e. The zero-order valence-electron chi connectivity index (χ0n) is 7.53. The minimum atomic E-state index is -0.231. The molecule has 3 heteroatoms. The molecular weight excluding hydrogens is 197 g/mol. The Kier molecular flexibility index (Phi) is 2.50. The Morgan fingerprint density at radius 1 is 1.29 bits per heavy atom. The van der Waals surface area contributed by atoms with Gasteiger partial charge in [-0.25, -0.2) is 4.39 Å². The first-order chi connectivity index (χ1) is 6.75. The van der Waals surface area contributed by atoms with Crippen molar-refractivity contribution in [3.05, 3.63) is 52.0 Å². The molecule has 0 aliphatic rings. The van der Waals surface area contributed by atoms with Crippen LogP contribution in [0, 0.1) is 5.82 Å². The van der Waals surface area contributed by atoms with Gasteiger partial charge in [-0.3, -0.25) is 0 Å². The third-order valence-corrected chi connectivity index (χ3v) is 2.93. The molecule has 0 amide bonds. The highest BCUT2D eigenvalue weighted by atomic mass is 32.1. The summed E-state index contributed by atoms with van der Waals surface area (Å²) in [5, 5.41) is 2.00. The van der Waals surface area contributed by atoms with Gasteiger partial charge >= 0.3 is 0 Å². The number of nitrogens with two attached hydrogens (primary N) is 1. The van der Waals surface area contributed by atoms with E-state index in [-0.39, 0.29) is 5.82 Å². The first-order valence-corrected chi connectivity index (χ1v) is 5.20. The van der Waals surface area contributed by atoms with E-state index in [1.54, 1.807) is 17.4 Å². The highest BCUT2D eigenvalue weighted by Gasteiger charge is 2.02. The first-order valence-electron chi connectivity index (χ1n) is 4.32. The zero-order valence-corrected chi connectivity index (χ0v) is 8.35. The molecule has 14 heavy (non-hydrogen) atoms. The fourth-order valence-corrected chi connectivity index (χ4v) is 2.06. The first kappa shape index (κ1) is 9.21. The molecule has 0 unspecified atom stereocenters. The van der Waals surface area contributed by atoms with Gasteiger partial charge in [0.2, 0.25) is 0 Å². The molecule has 1 aromatic heterocycles. The van der Waals surface area contributed by atoms with Crippen LogP contribution >= 0.6 is 11.3 Å². The Bertz CT molecular complexity index is 423. The summed E-state index contributed by atoms with van der Waals surface area (Å²) >= 11 is 1.65. The molecule has 2 N–H and O–H groups in total. The van der Waals surface area contributed by atoms with E-state index in [9.17, 15) is 4.39 Å². The van der Waals surface area contributed by atoms with Gasteiger partial charge in [0, 0.05) is 17.0 Å². The lowest BCUT2D eigenvalue weighted by molar-refractivity contribution is 0.626. The van der Waals surface area contributed by atoms with Crippen LogP contribution in [0.15, 0.2) is 35.7 Å². The molecule has 1 heterocycles. The SMILES string of the molecule is Nc1ccc(F)cc1Cc1cccs1. The van der Waals surface area contributed by atoms with Crippen molar-refractivity contribution in [1.82, 2.24) is 0 Å². The Hall–Kier alpha value is -1.35. The summed E-state index contributed by atoms with van der Waals surface area (Å²) in [6.45, 7) is 0. The van der Waals surface area contributed by atoms with Crippen LogP contribution in [0.1, 0.15) is 10.4 Å². The third-order valence-electron chi connectivity index (χ3n) is 2.05. The Morgan fingerprint density at radius 3 is 2.86 bits per heavy atom. The van der Waals surface area contributed by atoms with E-state index in [1.165, 1.54) is 17.0 Å². The molecule has 0 saturated heterocycles. The van der Waals surface area contributed by atoms with Gasteiger partial charge in [0.15, 0.2) is 0 Å². The van der Waals surface area contributed by atoms with Crippen molar-refractivity contribution in [1.29, 1.82) is 0 Å². The summed E-state index contributed by atoms with van der Waals surface area (Å²) in [6, 6.07) is 8.49. The second-order valence-electron chi connectivity index (χ2n) is 3.10. The topological polar surface area (TPSA) is 26.0 Å². The van der Waals surface area contributed by atoms with Crippen molar-refractivity contribution in [3.63, 3.8) is 0 Å². The molecule has 0 bridgehead atoms. The van der Waals surface area contributed by atoms with Crippen LogP contribution in [0.4, 0.5) is 10.1 Å². The fraction of sp³-hybridized carbons (Fsp3) is 0.0909. The van der Waals surface area contributed by atoms with E-state index in [2.05, 4.69) is 0 Å². The lowest BCUT2D eigenvalue weighted by Gasteiger charge is -2.03. The Morgan fingerprint density at radius 2 is 2.14 bits per heavy atom. The number of nitrogen functional groups attached to an aromatic ring is 1. The summed E-state index contributed by atoms with van der Waals surface area (Å²) < 4.78 is 12.9. The molecule has 0 atom stereocenters. The molecule has 0 fully saturated rings. The maximum absolute atomic E-state index is 12.9. The number of thiophene rings is 1. The molecular formula is C11H10FNS. The third kappa shape index (κ3) is 1.93. The normalized spacial score (nSPS) is 10.4. The molecule has 2 aromatic rings. The zero-order chi connectivity index (χ0) is 9.97. The summed E-state index contributed by atoms with van der Waals surface area (Å²) in [7, 11) is 0. The minimum Gasteiger partial charge on any atom is -0.398 e. The highest BCUT2D eigenvalue weighted by molar-refractivity contribution is 7.09. The van der Waals surface area contributed by atoms with Crippen LogP contribution in [-0.2, 0) is 6.42 Å². The van der Waals surface area contributed by atoms with Crippen LogP contribution in [0.5, 0.6) is 0 Å². The smallest absolute Gasteiger partial charge is 0.123 e. The molecule has 0 aliphatic heterocycles. The average Bonchev–Trinajstić information content (AvgIpc) is 2.64. The quantitative estimate of drug-likeness (QED) is 0.752. The Labute approximate surface area is 86.0 Å². The average molecular weight is 207 g/mol. The fourth-order valence-electron chi connectivity index (χ4n) is 1.33. The van der Waals surface area contributed by atoms with E-state index in [0.717, 1.165) is 5.56 Å². The maximum atomic E-state index is 12.9. The standard InChI is InChI=1S/C11H10FNS/c12-9-3-4-11(13)8(6-9)7-10-2-1-5-14-10/h1-6H,7,13H2. The molecule has 72 valence electrons. The van der Waals surface area contributed by atoms with Crippen LogP contribution < -0.4 is 5.73 Å². The number of halogens is 1. The van der Waals surface area contributed by atoms with Crippen molar-refractivity contribution in [3.8, 4) is 0 Å². The lowest BCUT2D eigenvalue weighted by Crippen LogP contribution is -1.95. The van der Waals surface area contributed by atoms with Crippen LogP contribution in [0.3, 0.4) is 0 Å². The number of anilines is 1. The summed E-state index contributed by atoms with van der Waals surface area (Å²) in [5.41, 5.74) is 7.25. The summed E-state index contributed by atoms with van der Waals surface area (Å²) in [5.74, 6) is -0.231. The van der Waals surface area contributed by atoms with Gasteiger partial charge in [-0.05, 0) is 35.2 Å².